The molecule has 0 spiro atoms. The van der Waals surface area contributed by atoms with Gasteiger partial charge in [0.2, 0.25) is 16.4 Å². The number of phenolic OH excluding ortho intramolecular Hbond substituents is 2. The Morgan fingerprint density at radius 3 is 1.67 bits per heavy atom. The molecular weight excluding hydrogens is 697 g/mol. The molecule has 0 radical (unpaired) electrons. The summed E-state index contributed by atoms with van der Waals surface area (Å²) in [5.74, 6) is -0.904. The first kappa shape index (κ1) is 31.3. The highest BCUT2D eigenvalue weighted by molar-refractivity contribution is 6.42. The van der Waals surface area contributed by atoms with Crippen LogP contribution in [0.5, 0.6) is 11.5 Å². The van der Waals surface area contributed by atoms with E-state index in [9.17, 15) is 34.2 Å². The second-order valence-electron chi connectivity index (χ2n) is 14.7. The fraction of sp³-hybridized carbons (Fsp3) is 0.114. The van der Waals surface area contributed by atoms with Crippen molar-refractivity contribution in [3.05, 3.63) is 123 Å². The van der Waals surface area contributed by atoms with Gasteiger partial charge in [0.1, 0.15) is 17.0 Å². The summed E-state index contributed by atoms with van der Waals surface area (Å²) in [5, 5.41) is 30.9. The Morgan fingerprint density at radius 1 is 0.582 bits per heavy atom. The predicted octanol–water partition coefficient (Wildman–Crippen LogP) is 6.30. The van der Waals surface area contributed by atoms with Crippen LogP contribution in [-0.4, -0.2) is 30.9 Å². The van der Waals surface area contributed by atoms with E-state index < -0.39 is 38.8 Å². The van der Waals surface area contributed by atoms with Gasteiger partial charge in [-0.25, -0.2) is 0 Å². The molecule has 1 aliphatic heterocycles. The van der Waals surface area contributed by atoms with Crippen LogP contribution in [0.4, 0.5) is 5.69 Å². The summed E-state index contributed by atoms with van der Waals surface area (Å²) in [7, 11) is 3.53. The number of aryl methyl sites for hydroxylation is 3. The van der Waals surface area contributed by atoms with Crippen molar-refractivity contribution < 1.29 is 10.2 Å². The minimum absolute atomic E-state index is 0.0186. The Hall–Kier alpha value is -7.27. The molecule has 3 aromatic heterocycles. The molecule has 4 N–H and O–H groups in total. The van der Waals surface area contributed by atoms with Gasteiger partial charge in [-0.1, -0.05) is 42.5 Å². The van der Waals surface area contributed by atoms with E-state index in [0.29, 0.717) is 61.3 Å². The number of H-pyrrole nitrogens is 1. The van der Waals surface area contributed by atoms with Crippen LogP contribution in [0.1, 0.15) is 18.1 Å². The van der Waals surface area contributed by atoms with Gasteiger partial charge in [0, 0.05) is 91.6 Å². The molecule has 11 rings (SSSR count). The normalized spacial score (nSPS) is 13.4. The number of aromatic nitrogens is 3. The number of rotatable bonds is 0. The van der Waals surface area contributed by atoms with Crippen LogP contribution in [0.3, 0.4) is 0 Å². The predicted molar refractivity (Wildman–Crippen MR) is 220 cm³/mol. The largest absolute Gasteiger partial charge is 0.507 e. The van der Waals surface area contributed by atoms with Gasteiger partial charge >= 0.3 is 0 Å². The van der Waals surface area contributed by atoms with Gasteiger partial charge in [-0.3, -0.25) is 24.0 Å². The van der Waals surface area contributed by atoms with Gasteiger partial charge in [0.15, 0.2) is 10.9 Å². The fourth-order valence-corrected chi connectivity index (χ4v) is 9.79. The number of hydrogen-bond donors (Lipinski definition) is 4. The van der Waals surface area contributed by atoms with Gasteiger partial charge < -0.3 is 29.6 Å². The van der Waals surface area contributed by atoms with Crippen molar-refractivity contribution in [3.63, 3.8) is 0 Å². The third kappa shape index (κ3) is 3.45. The minimum atomic E-state index is -0.708. The van der Waals surface area contributed by atoms with Crippen molar-refractivity contribution >= 4 is 109 Å². The SMILES string of the molecule is CC1=CCNc2c1c(=O)c1c(c2=O)c2c(O)c3c(c(O)c2c2c1c1ccccc1n2C)c1c(=O)c2[nH]c(=O)cc(C)c2c(=O)c1c1c2ccccc2n(C)c31. The van der Waals surface area contributed by atoms with Gasteiger partial charge in [0.25, 0.3) is 0 Å². The molecule has 0 fully saturated rings. The quantitative estimate of drug-likeness (QED) is 0.0805. The van der Waals surface area contributed by atoms with E-state index in [0.717, 1.165) is 0 Å². The molecule has 4 heterocycles. The lowest BCUT2D eigenvalue weighted by Crippen LogP contribution is -2.25. The van der Waals surface area contributed by atoms with Crippen LogP contribution in [0.2, 0.25) is 0 Å². The molecule has 0 unspecified atom stereocenters. The Kier molecular flexibility index (Phi) is 5.70. The Morgan fingerprint density at radius 2 is 1.09 bits per heavy atom. The highest BCUT2D eigenvalue weighted by Crippen LogP contribution is 2.53. The van der Waals surface area contributed by atoms with E-state index in [4.69, 9.17) is 0 Å². The Labute approximate surface area is 306 Å². The van der Waals surface area contributed by atoms with Crippen LogP contribution in [0.25, 0.3) is 103 Å². The first-order valence-corrected chi connectivity index (χ1v) is 17.8. The van der Waals surface area contributed by atoms with E-state index >= 15 is 0 Å². The van der Waals surface area contributed by atoms with Crippen molar-refractivity contribution in [3.8, 4) is 11.5 Å². The monoisotopic (exact) mass is 724 g/mol. The zero-order valence-corrected chi connectivity index (χ0v) is 29.8. The van der Waals surface area contributed by atoms with E-state index in [-0.39, 0.29) is 65.2 Å². The summed E-state index contributed by atoms with van der Waals surface area (Å²) >= 11 is 0. The molecule has 0 atom stereocenters. The molecular formula is C44H28N4O7. The number of nitrogens with one attached hydrogen (secondary N) is 2. The van der Waals surface area contributed by atoms with E-state index in [1.807, 2.05) is 48.5 Å². The maximum absolute atomic E-state index is 14.9. The minimum Gasteiger partial charge on any atom is -0.507 e. The van der Waals surface area contributed by atoms with Crippen molar-refractivity contribution in [2.75, 3.05) is 11.9 Å². The van der Waals surface area contributed by atoms with Crippen LogP contribution < -0.4 is 32.6 Å². The number of phenols is 2. The maximum atomic E-state index is 14.9. The number of aromatic hydroxyl groups is 2. The first-order chi connectivity index (χ1) is 26.4. The van der Waals surface area contributed by atoms with Crippen LogP contribution in [-0.2, 0) is 14.1 Å². The standard InChI is InChI=1S/C44H28N4O7/c1-16-13-14-45-35-23(16)39(50)27-25-18-9-5-7-11-20(18)47(3)37(25)33-31(29(27)43(35)54)41(52)34-32(42(33)53)30-28(26-19-10-6-8-12-21(19)48(4)38(26)34)40(51)24-17(2)15-22(49)46-36(24)44(30)55/h5-13,15,45,52-53H,14H2,1-4H3,(H,46,49). The topological polar surface area (TPSA) is 163 Å². The van der Waals surface area contributed by atoms with Gasteiger partial charge in [-0.15, -0.1) is 0 Å². The highest BCUT2D eigenvalue weighted by atomic mass is 16.3. The molecule has 0 amide bonds. The number of nitrogens with zero attached hydrogens (tertiary/aromatic N) is 2. The second kappa shape index (κ2) is 10.0. The van der Waals surface area contributed by atoms with Gasteiger partial charge in [-0.2, -0.15) is 0 Å². The molecule has 0 aliphatic carbocycles. The molecule has 11 nitrogen and oxygen atoms in total. The number of hydrogen-bond acceptors (Lipinski definition) is 8. The maximum Gasteiger partial charge on any atom is 0.248 e. The number of anilines is 1. The summed E-state index contributed by atoms with van der Waals surface area (Å²) in [6, 6.07) is 15.9. The molecule has 0 saturated heterocycles. The van der Waals surface area contributed by atoms with Gasteiger partial charge in [0.05, 0.1) is 38.4 Å². The lowest BCUT2D eigenvalue weighted by Gasteiger charge is -2.20. The summed E-state index contributed by atoms with van der Waals surface area (Å²) in [5.41, 5.74) is 0.455. The van der Waals surface area contributed by atoms with Crippen molar-refractivity contribution in [2.24, 2.45) is 14.1 Å². The number of fused-ring (bicyclic) bond motifs is 18. The first-order valence-electron chi connectivity index (χ1n) is 17.8. The van der Waals surface area contributed by atoms with Crippen LogP contribution in [0.15, 0.2) is 84.6 Å². The average molecular weight is 725 g/mol. The Balaban J connectivity index is 1.59. The molecule has 11 heteroatoms. The summed E-state index contributed by atoms with van der Waals surface area (Å²) in [4.78, 5) is 74.8. The summed E-state index contributed by atoms with van der Waals surface area (Å²) in [6.07, 6.45) is 1.85. The summed E-state index contributed by atoms with van der Waals surface area (Å²) in [6.45, 7) is 3.70. The van der Waals surface area contributed by atoms with Crippen LogP contribution >= 0.6 is 0 Å². The number of pyridine rings is 1. The van der Waals surface area contributed by atoms with E-state index in [1.165, 1.54) is 6.07 Å². The van der Waals surface area contributed by atoms with Crippen LogP contribution in [0, 0.1) is 6.92 Å². The number of para-hydroxylation sites is 2. The third-order valence-electron chi connectivity index (χ3n) is 12.0. The zero-order valence-electron chi connectivity index (χ0n) is 29.8. The van der Waals surface area contributed by atoms with Crippen molar-refractivity contribution in [1.82, 2.24) is 14.1 Å². The number of benzene rings is 7. The molecule has 0 bridgehead atoms. The third-order valence-corrected chi connectivity index (χ3v) is 12.0. The average Bonchev–Trinajstić information content (AvgIpc) is 3.63. The summed E-state index contributed by atoms with van der Waals surface area (Å²) < 4.78 is 3.59. The highest BCUT2D eigenvalue weighted by Gasteiger charge is 2.33. The zero-order chi connectivity index (χ0) is 38.1. The molecule has 1 aliphatic rings. The van der Waals surface area contributed by atoms with E-state index in [1.54, 1.807) is 43.1 Å². The number of allylic oxidation sites excluding steroid dienone is 1. The fourth-order valence-electron chi connectivity index (χ4n) is 9.79. The Bertz CT molecular complexity index is 3890. The lowest BCUT2D eigenvalue weighted by molar-refractivity contribution is 0.479. The van der Waals surface area contributed by atoms with Crippen molar-refractivity contribution in [2.45, 2.75) is 13.8 Å². The molecule has 10 aromatic rings. The van der Waals surface area contributed by atoms with Crippen molar-refractivity contribution in [1.29, 1.82) is 0 Å². The number of aromatic amines is 1. The molecule has 7 aromatic carbocycles. The molecule has 0 saturated carbocycles. The smallest absolute Gasteiger partial charge is 0.248 e. The molecule has 55 heavy (non-hydrogen) atoms. The second-order valence-corrected chi connectivity index (χ2v) is 14.7. The van der Waals surface area contributed by atoms with E-state index in [2.05, 4.69) is 10.3 Å². The van der Waals surface area contributed by atoms with Gasteiger partial charge in [-0.05, 0) is 37.1 Å². The lowest BCUT2D eigenvalue weighted by atomic mass is 9.86. The molecule has 266 valence electrons.